The van der Waals surface area contributed by atoms with Crippen LogP contribution in [0.15, 0.2) is 66.1 Å². The number of amides is 1. The molecule has 0 radical (unpaired) electrons. The van der Waals surface area contributed by atoms with Gasteiger partial charge in [-0.3, -0.25) is 14.8 Å². The molecule has 0 saturated carbocycles. The van der Waals surface area contributed by atoms with Gasteiger partial charge in [0.05, 0.1) is 23.8 Å². The third kappa shape index (κ3) is 4.78. The second-order valence-corrected chi connectivity index (χ2v) is 8.86. The van der Waals surface area contributed by atoms with Crippen molar-refractivity contribution >= 4 is 33.8 Å². The smallest absolute Gasteiger partial charge is 0.262 e. The molecule has 1 N–H and O–H groups in total. The third-order valence-corrected chi connectivity index (χ3v) is 6.63. The molecule has 7 nitrogen and oxygen atoms in total. The van der Waals surface area contributed by atoms with E-state index in [9.17, 15) is 13.6 Å². The zero-order chi connectivity index (χ0) is 24.4. The molecule has 0 atom stereocenters. The molecule has 0 saturated heterocycles. The van der Waals surface area contributed by atoms with Crippen LogP contribution in [0.3, 0.4) is 0 Å². The van der Waals surface area contributed by atoms with Crippen molar-refractivity contribution in [3.05, 3.63) is 89.0 Å². The van der Waals surface area contributed by atoms with E-state index in [1.807, 2.05) is 17.5 Å². The molecular formula is C25H20F2N6OS. The third-order valence-electron chi connectivity index (χ3n) is 5.73. The van der Waals surface area contributed by atoms with Gasteiger partial charge in [-0.05, 0) is 43.2 Å². The minimum atomic E-state index is -0.941. The zero-order valence-corrected chi connectivity index (χ0v) is 19.5. The number of carbonyl (C=O) groups excluding carboxylic acids is 1. The van der Waals surface area contributed by atoms with Gasteiger partial charge in [-0.2, -0.15) is 0 Å². The van der Waals surface area contributed by atoms with Gasteiger partial charge in [0.1, 0.15) is 17.2 Å². The Labute approximate surface area is 204 Å². The molecule has 1 aliphatic heterocycles. The van der Waals surface area contributed by atoms with Crippen molar-refractivity contribution < 1.29 is 13.6 Å². The van der Waals surface area contributed by atoms with Crippen LogP contribution in [-0.2, 0) is 0 Å². The summed E-state index contributed by atoms with van der Waals surface area (Å²) in [4.78, 5) is 32.2. The molecule has 0 aliphatic carbocycles. The maximum Gasteiger partial charge on any atom is 0.262 e. The first-order chi connectivity index (χ1) is 17.0. The van der Waals surface area contributed by atoms with E-state index in [1.165, 1.54) is 17.8 Å². The van der Waals surface area contributed by atoms with E-state index < -0.39 is 23.1 Å². The summed E-state index contributed by atoms with van der Waals surface area (Å²) in [5, 5.41) is 5.34. The lowest BCUT2D eigenvalue weighted by molar-refractivity contribution is 0.101. The van der Waals surface area contributed by atoms with E-state index in [0.717, 1.165) is 47.1 Å². The lowest BCUT2D eigenvalue weighted by atomic mass is 9.99. The van der Waals surface area contributed by atoms with Crippen LogP contribution in [0.5, 0.6) is 0 Å². The molecular weight excluding hydrogens is 470 g/mol. The molecule has 3 aromatic heterocycles. The van der Waals surface area contributed by atoms with Crippen LogP contribution in [0.25, 0.3) is 16.8 Å². The van der Waals surface area contributed by atoms with E-state index in [1.54, 1.807) is 29.9 Å². The molecule has 1 aromatic carbocycles. The Morgan fingerprint density at radius 2 is 1.89 bits per heavy atom. The molecule has 176 valence electrons. The fourth-order valence-corrected chi connectivity index (χ4v) is 4.68. The summed E-state index contributed by atoms with van der Waals surface area (Å²) in [5.74, 6) is -2.70. The van der Waals surface area contributed by atoms with Crippen molar-refractivity contribution in [2.45, 2.75) is 13.3 Å². The number of carbonyl (C=O) groups is 1. The van der Waals surface area contributed by atoms with Gasteiger partial charge < -0.3 is 10.2 Å². The molecule has 0 spiro atoms. The van der Waals surface area contributed by atoms with Crippen LogP contribution < -0.4 is 10.2 Å². The summed E-state index contributed by atoms with van der Waals surface area (Å²) in [7, 11) is 0. The summed E-state index contributed by atoms with van der Waals surface area (Å²) in [5.41, 5.74) is 4.10. The second-order valence-electron chi connectivity index (χ2n) is 8.03. The number of nitrogens with one attached hydrogen (secondary N) is 1. The number of halogens is 2. The van der Waals surface area contributed by atoms with Gasteiger partial charge in [-0.1, -0.05) is 11.6 Å². The molecule has 5 rings (SSSR count). The van der Waals surface area contributed by atoms with Gasteiger partial charge >= 0.3 is 0 Å². The summed E-state index contributed by atoms with van der Waals surface area (Å²) < 4.78 is 27.7. The van der Waals surface area contributed by atoms with Crippen molar-refractivity contribution in [2.24, 2.45) is 0 Å². The predicted molar refractivity (Wildman–Crippen MR) is 131 cm³/mol. The average Bonchev–Trinajstić information content (AvgIpc) is 3.36. The second kappa shape index (κ2) is 9.67. The number of anilines is 2. The van der Waals surface area contributed by atoms with Gasteiger partial charge in [0.15, 0.2) is 10.9 Å². The van der Waals surface area contributed by atoms with Crippen LogP contribution in [-0.4, -0.2) is 38.9 Å². The molecule has 10 heteroatoms. The molecule has 0 unspecified atom stereocenters. The highest BCUT2D eigenvalue weighted by atomic mass is 32.1. The molecule has 4 aromatic rings. The minimum Gasteiger partial charge on any atom is -0.343 e. The number of pyridine rings is 1. The lowest BCUT2D eigenvalue weighted by Crippen LogP contribution is -2.31. The maximum atomic E-state index is 13.9. The van der Waals surface area contributed by atoms with Crippen LogP contribution >= 0.6 is 11.3 Å². The van der Waals surface area contributed by atoms with Crippen LogP contribution in [0.2, 0.25) is 0 Å². The molecule has 0 bridgehead atoms. The van der Waals surface area contributed by atoms with Crippen LogP contribution in [0, 0.1) is 11.6 Å². The Kier molecular flexibility index (Phi) is 6.28. The highest BCUT2D eigenvalue weighted by Crippen LogP contribution is 2.32. The quantitative estimate of drug-likeness (QED) is 0.414. The molecule has 4 heterocycles. The highest BCUT2D eigenvalue weighted by molar-refractivity contribution is 7.14. The average molecular weight is 491 g/mol. The fourth-order valence-electron chi connectivity index (χ4n) is 3.82. The Hall–Kier alpha value is -4.05. The van der Waals surface area contributed by atoms with Crippen LogP contribution in [0.4, 0.5) is 19.7 Å². The number of hydrogen-bond acceptors (Lipinski definition) is 7. The van der Waals surface area contributed by atoms with Gasteiger partial charge in [-0.15, -0.1) is 11.3 Å². The Morgan fingerprint density at radius 3 is 2.60 bits per heavy atom. The Balaban J connectivity index is 1.31. The standard InChI is InChI=1S/C25H20F2N6OS/c1-15-7-9-33(25-31-21(14-35-25)16-4-3-8-28-10-16)13-17(15)20-11-30-22(12-29-20)32-24(34)23-18(26)5-2-6-19(23)27/h2-6,8,10-12,14H,7,9,13H2,1H3,(H,30,32,34). The topological polar surface area (TPSA) is 83.9 Å². The Bertz CT molecular complexity index is 1380. The fraction of sp³-hybridized carbons (Fsp3) is 0.160. The van der Waals surface area contributed by atoms with Crippen molar-refractivity contribution in [3.63, 3.8) is 0 Å². The highest BCUT2D eigenvalue weighted by Gasteiger charge is 2.22. The van der Waals surface area contributed by atoms with E-state index in [0.29, 0.717) is 12.2 Å². The van der Waals surface area contributed by atoms with Crippen LogP contribution in [0.1, 0.15) is 29.4 Å². The number of hydrogen-bond donors (Lipinski definition) is 1. The largest absolute Gasteiger partial charge is 0.343 e. The molecule has 1 amide bonds. The van der Waals surface area contributed by atoms with E-state index in [4.69, 9.17) is 4.98 Å². The lowest BCUT2D eigenvalue weighted by Gasteiger charge is -2.29. The van der Waals surface area contributed by atoms with E-state index in [2.05, 4.69) is 32.1 Å². The first kappa shape index (κ1) is 22.7. The van der Waals surface area contributed by atoms with Gasteiger partial charge in [0.25, 0.3) is 5.91 Å². The van der Waals surface area contributed by atoms with Gasteiger partial charge in [-0.25, -0.2) is 18.7 Å². The molecule has 1 aliphatic rings. The Morgan fingerprint density at radius 1 is 1.06 bits per heavy atom. The van der Waals surface area contributed by atoms with Crippen molar-refractivity contribution in [3.8, 4) is 11.3 Å². The molecule has 35 heavy (non-hydrogen) atoms. The number of benzene rings is 1. The zero-order valence-electron chi connectivity index (χ0n) is 18.7. The summed E-state index contributed by atoms with van der Waals surface area (Å²) >= 11 is 1.58. The number of thiazole rings is 1. The first-order valence-electron chi connectivity index (χ1n) is 10.9. The monoisotopic (exact) mass is 490 g/mol. The van der Waals surface area contributed by atoms with Crippen molar-refractivity contribution in [1.82, 2.24) is 19.9 Å². The van der Waals surface area contributed by atoms with Crippen molar-refractivity contribution in [2.75, 3.05) is 23.3 Å². The maximum absolute atomic E-state index is 13.9. The van der Waals surface area contributed by atoms with Crippen molar-refractivity contribution in [1.29, 1.82) is 0 Å². The summed E-state index contributed by atoms with van der Waals surface area (Å²) in [6.07, 6.45) is 7.32. The molecule has 0 fully saturated rings. The SMILES string of the molecule is CC1=C(c2cnc(NC(=O)c3c(F)cccc3F)cn2)CN(c2nc(-c3cccnc3)cs2)CC1. The van der Waals surface area contributed by atoms with E-state index >= 15 is 0 Å². The minimum absolute atomic E-state index is 0.105. The normalized spacial score (nSPS) is 13.7. The summed E-state index contributed by atoms with van der Waals surface area (Å²) in [6, 6.07) is 7.12. The number of aromatic nitrogens is 4. The first-order valence-corrected chi connectivity index (χ1v) is 11.7. The van der Waals surface area contributed by atoms with Gasteiger partial charge in [0, 0.05) is 36.4 Å². The van der Waals surface area contributed by atoms with E-state index in [-0.39, 0.29) is 5.82 Å². The van der Waals surface area contributed by atoms with Gasteiger partial charge in [0.2, 0.25) is 0 Å². The number of nitrogens with zero attached hydrogens (tertiary/aromatic N) is 5. The number of rotatable bonds is 5. The summed E-state index contributed by atoms with van der Waals surface area (Å²) in [6.45, 7) is 3.52. The predicted octanol–water partition coefficient (Wildman–Crippen LogP) is 5.21.